The first kappa shape index (κ1) is 18.4. The first-order chi connectivity index (χ1) is 13.0. The van der Waals surface area contributed by atoms with Gasteiger partial charge in [0, 0.05) is 5.56 Å². The van der Waals surface area contributed by atoms with Crippen LogP contribution in [0.1, 0.15) is 37.1 Å². The highest BCUT2D eigenvalue weighted by atomic mass is 19.4. The lowest BCUT2D eigenvalue weighted by Crippen LogP contribution is -3.29. The summed E-state index contributed by atoms with van der Waals surface area (Å²) in [6, 6.07) is 5.70. The average Bonchev–Trinajstić information content (AvgIpc) is 3.34. The van der Waals surface area contributed by atoms with E-state index in [1.54, 1.807) is 4.90 Å². The summed E-state index contributed by atoms with van der Waals surface area (Å²) in [5, 5.41) is 3.94. The molecule has 27 heavy (non-hydrogen) atoms. The van der Waals surface area contributed by atoms with Crippen LogP contribution in [0, 0.1) is 0 Å². The molecule has 1 aliphatic carbocycles. The second-order valence-electron chi connectivity index (χ2n) is 7.65. The van der Waals surface area contributed by atoms with Gasteiger partial charge in [0.2, 0.25) is 5.82 Å². The minimum absolute atomic E-state index is 0.341. The maximum Gasteiger partial charge on any atom is 0.416 e. The van der Waals surface area contributed by atoms with Gasteiger partial charge in [0.15, 0.2) is 6.54 Å². The first-order valence-corrected chi connectivity index (χ1v) is 9.67. The van der Waals surface area contributed by atoms with Crippen LogP contribution < -0.4 is 9.80 Å². The number of halogens is 3. The lowest BCUT2D eigenvalue weighted by molar-refractivity contribution is -1.03. The molecule has 2 aromatic rings. The number of nitrogens with one attached hydrogen (secondary N) is 2. The molecule has 2 fully saturated rings. The molecule has 0 atom stereocenters. The Morgan fingerprint density at radius 3 is 2.30 bits per heavy atom. The number of alkyl halides is 3. The molecule has 146 valence electrons. The van der Waals surface area contributed by atoms with Gasteiger partial charge >= 0.3 is 6.18 Å². The van der Waals surface area contributed by atoms with Crippen molar-refractivity contribution in [3.05, 3.63) is 35.7 Å². The molecule has 1 aromatic heterocycles. The molecule has 4 rings (SSSR count). The van der Waals surface area contributed by atoms with Gasteiger partial charge in [-0.15, -0.1) is 0 Å². The smallest absolute Gasteiger partial charge is 0.333 e. The molecule has 1 aromatic carbocycles. The van der Waals surface area contributed by atoms with Gasteiger partial charge in [0.25, 0.3) is 5.89 Å². The molecule has 5 nitrogen and oxygen atoms in total. The molecule has 0 unspecified atom stereocenters. The molecule has 0 amide bonds. The number of nitrogens with zero attached hydrogens (tertiary/aromatic N) is 2. The van der Waals surface area contributed by atoms with Crippen LogP contribution in [-0.2, 0) is 12.7 Å². The van der Waals surface area contributed by atoms with Gasteiger partial charge < -0.3 is 14.3 Å². The number of piperazine rings is 1. The van der Waals surface area contributed by atoms with Crippen LogP contribution in [0.25, 0.3) is 11.4 Å². The van der Waals surface area contributed by atoms with E-state index in [2.05, 4.69) is 10.1 Å². The van der Waals surface area contributed by atoms with Crippen molar-refractivity contribution in [2.24, 2.45) is 0 Å². The third-order valence-corrected chi connectivity index (χ3v) is 5.87. The molecular formula is C19H25F3N4O+2. The summed E-state index contributed by atoms with van der Waals surface area (Å²) in [7, 11) is 0. The van der Waals surface area contributed by atoms with E-state index in [0.717, 1.165) is 31.3 Å². The van der Waals surface area contributed by atoms with Gasteiger partial charge in [0.05, 0.1) is 11.6 Å². The fourth-order valence-electron chi connectivity index (χ4n) is 4.31. The molecule has 2 aliphatic rings. The second kappa shape index (κ2) is 7.59. The number of benzene rings is 1. The highest BCUT2D eigenvalue weighted by Crippen LogP contribution is 2.30. The van der Waals surface area contributed by atoms with E-state index >= 15 is 0 Å². The summed E-state index contributed by atoms with van der Waals surface area (Å²) in [6.07, 6.45) is 1.14. The van der Waals surface area contributed by atoms with Gasteiger partial charge in [0.1, 0.15) is 26.2 Å². The monoisotopic (exact) mass is 382 g/mol. The summed E-state index contributed by atoms with van der Waals surface area (Å²) in [5.74, 6) is 0.887. The van der Waals surface area contributed by atoms with E-state index in [9.17, 15) is 13.2 Å². The molecule has 0 spiro atoms. The van der Waals surface area contributed by atoms with Crippen molar-refractivity contribution in [1.29, 1.82) is 0 Å². The quantitative estimate of drug-likeness (QED) is 0.829. The standard InChI is InChI=1S/C19H23F3N4O/c20-19(21,22)15-7-5-14(6-8-15)18-23-17(27-24-18)13-25-9-11-26(12-10-25)16-3-1-2-4-16/h5-8,16H,1-4,9-13H2/p+2. The minimum Gasteiger partial charge on any atom is -0.333 e. The third kappa shape index (κ3) is 4.32. The van der Waals surface area contributed by atoms with Crippen molar-refractivity contribution < 1.29 is 27.5 Å². The SMILES string of the molecule is FC(F)(F)c1ccc(-c2noc(C[NH+]3CC[NH+](C4CCCC4)CC3)n2)cc1. The lowest BCUT2D eigenvalue weighted by Gasteiger charge is -2.32. The second-order valence-corrected chi connectivity index (χ2v) is 7.65. The Kier molecular flexibility index (Phi) is 5.19. The van der Waals surface area contributed by atoms with Crippen molar-refractivity contribution in [3.63, 3.8) is 0 Å². The summed E-state index contributed by atoms with van der Waals surface area (Å²) in [4.78, 5) is 7.55. The number of rotatable bonds is 4. The molecule has 1 saturated carbocycles. The number of aromatic nitrogens is 2. The molecule has 1 aliphatic heterocycles. The topological polar surface area (TPSA) is 47.8 Å². The van der Waals surface area contributed by atoms with E-state index in [4.69, 9.17) is 4.52 Å². The molecule has 8 heteroatoms. The molecular weight excluding hydrogens is 357 g/mol. The van der Waals surface area contributed by atoms with Gasteiger partial charge in [-0.25, -0.2) is 0 Å². The fraction of sp³-hybridized carbons (Fsp3) is 0.579. The van der Waals surface area contributed by atoms with Crippen molar-refractivity contribution in [2.75, 3.05) is 26.2 Å². The molecule has 0 radical (unpaired) electrons. The third-order valence-electron chi connectivity index (χ3n) is 5.87. The van der Waals surface area contributed by atoms with Crippen molar-refractivity contribution >= 4 is 0 Å². The highest BCUT2D eigenvalue weighted by molar-refractivity contribution is 5.54. The van der Waals surface area contributed by atoms with Crippen molar-refractivity contribution in [1.82, 2.24) is 10.1 Å². The lowest BCUT2D eigenvalue weighted by atomic mass is 10.1. The Hall–Kier alpha value is -1.93. The van der Waals surface area contributed by atoms with Crippen LogP contribution in [0.3, 0.4) is 0 Å². The fourth-order valence-corrected chi connectivity index (χ4v) is 4.31. The van der Waals surface area contributed by atoms with Crippen molar-refractivity contribution in [2.45, 2.75) is 44.4 Å². The summed E-state index contributed by atoms with van der Waals surface area (Å²) >= 11 is 0. The van der Waals surface area contributed by atoms with Crippen LogP contribution >= 0.6 is 0 Å². The largest absolute Gasteiger partial charge is 0.416 e. The Morgan fingerprint density at radius 2 is 1.67 bits per heavy atom. The van der Waals surface area contributed by atoms with Gasteiger partial charge in [-0.05, 0) is 37.8 Å². The molecule has 2 N–H and O–H groups in total. The predicted octanol–water partition coefficient (Wildman–Crippen LogP) is 0.981. The van der Waals surface area contributed by atoms with E-state index in [0.29, 0.717) is 23.8 Å². The summed E-state index contributed by atoms with van der Waals surface area (Å²) in [5.41, 5.74) is -0.148. The number of quaternary nitrogens is 2. The Balaban J connectivity index is 1.33. The molecule has 0 bridgehead atoms. The Bertz CT molecular complexity index is 745. The predicted molar refractivity (Wildman–Crippen MR) is 92.1 cm³/mol. The average molecular weight is 382 g/mol. The van der Waals surface area contributed by atoms with Crippen LogP contribution in [0.2, 0.25) is 0 Å². The normalized spacial score (nSPS) is 24.4. The van der Waals surface area contributed by atoms with Crippen molar-refractivity contribution in [3.8, 4) is 11.4 Å². The van der Waals surface area contributed by atoms with E-state index in [1.807, 2.05) is 0 Å². The maximum absolute atomic E-state index is 12.7. The van der Waals surface area contributed by atoms with Crippen LogP contribution in [-0.4, -0.2) is 42.4 Å². The first-order valence-electron chi connectivity index (χ1n) is 9.67. The summed E-state index contributed by atoms with van der Waals surface area (Å²) < 4.78 is 43.3. The highest BCUT2D eigenvalue weighted by Gasteiger charge is 2.32. The summed E-state index contributed by atoms with van der Waals surface area (Å²) in [6.45, 7) is 5.21. The molecule has 2 heterocycles. The van der Waals surface area contributed by atoms with Gasteiger partial charge in [-0.2, -0.15) is 18.2 Å². The van der Waals surface area contributed by atoms with E-state index in [-0.39, 0.29) is 0 Å². The number of hydrogen-bond acceptors (Lipinski definition) is 3. The maximum atomic E-state index is 12.7. The molecule has 1 saturated heterocycles. The van der Waals surface area contributed by atoms with E-state index in [1.165, 1.54) is 55.8 Å². The van der Waals surface area contributed by atoms with Crippen LogP contribution in [0.15, 0.2) is 28.8 Å². The van der Waals surface area contributed by atoms with Crippen LogP contribution in [0.4, 0.5) is 13.2 Å². The Morgan fingerprint density at radius 1 is 1.00 bits per heavy atom. The van der Waals surface area contributed by atoms with Gasteiger partial charge in [-0.3, -0.25) is 0 Å². The zero-order valence-corrected chi connectivity index (χ0v) is 15.2. The van der Waals surface area contributed by atoms with Gasteiger partial charge in [-0.1, -0.05) is 17.3 Å². The minimum atomic E-state index is -4.34. The van der Waals surface area contributed by atoms with E-state index < -0.39 is 11.7 Å². The Labute approximate surface area is 156 Å². The van der Waals surface area contributed by atoms with Crippen LogP contribution in [0.5, 0.6) is 0 Å². The zero-order valence-electron chi connectivity index (χ0n) is 15.2. The zero-order chi connectivity index (χ0) is 18.9. The number of hydrogen-bond donors (Lipinski definition) is 2.